The molecule has 42 heavy (non-hydrogen) atoms. The summed E-state index contributed by atoms with van der Waals surface area (Å²) in [7, 11) is 2.27. The highest BCUT2D eigenvalue weighted by Crippen LogP contribution is 2.34. The van der Waals surface area contributed by atoms with Gasteiger partial charge in [0.15, 0.2) is 0 Å². The van der Waals surface area contributed by atoms with E-state index in [0.29, 0.717) is 0 Å². The number of piperazine rings is 3. The van der Waals surface area contributed by atoms with Crippen molar-refractivity contribution in [1.82, 2.24) is 29.4 Å². The molecular weight excluding hydrogens is 516 g/mol. The first-order chi connectivity index (χ1) is 20.5. The minimum atomic E-state index is 1.14. The van der Waals surface area contributed by atoms with Crippen LogP contribution >= 0.6 is 0 Å². The van der Waals surface area contributed by atoms with E-state index in [4.69, 9.17) is 0 Å². The van der Waals surface area contributed by atoms with Gasteiger partial charge in [-0.15, -0.1) is 0 Å². The number of nitrogens with zero attached hydrogens (tertiary/aromatic N) is 6. The van der Waals surface area contributed by atoms with Crippen LogP contribution in [-0.2, 0) is 38.9 Å². The van der Waals surface area contributed by atoms with Gasteiger partial charge in [-0.1, -0.05) is 62.3 Å². The second kappa shape index (κ2) is 20.1. The van der Waals surface area contributed by atoms with Crippen molar-refractivity contribution in [3.05, 3.63) is 33.4 Å². The summed E-state index contributed by atoms with van der Waals surface area (Å²) in [4.78, 5) is 16.0. The number of hydrogen-bond donors (Lipinski definition) is 0. The maximum Gasteiger partial charge on any atom is 0.0240 e. The highest BCUT2D eigenvalue weighted by molar-refractivity contribution is 5.52. The zero-order chi connectivity index (χ0) is 31.1. The van der Waals surface area contributed by atoms with E-state index in [2.05, 4.69) is 71.1 Å². The van der Waals surface area contributed by atoms with E-state index in [1.165, 1.54) is 91.6 Å². The van der Waals surface area contributed by atoms with Crippen LogP contribution in [0, 0.1) is 0 Å². The van der Waals surface area contributed by atoms with Crippen molar-refractivity contribution in [3.8, 4) is 0 Å². The van der Waals surface area contributed by atoms with Gasteiger partial charge in [0.05, 0.1) is 0 Å². The minimum Gasteiger partial charge on any atom is -0.304 e. The molecule has 0 aromatic heterocycles. The van der Waals surface area contributed by atoms with E-state index in [-0.39, 0.29) is 0 Å². The number of benzene rings is 1. The second-order valence-electron chi connectivity index (χ2n) is 11.9. The van der Waals surface area contributed by atoms with Crippen LogP contribution in [0.25, 0.3) is 0 Å². The van der Waals surface area contributed by atoms with Crippen LogP contribution in [-0.4, -0.2) is 128 Å². The molecule has 1 aromatic rings. The maximum atomic E-state index is 2.76. The smallest absolute Gasteiger partial charge is 0.0240 e. The molecule has 3 aliphatic heterocycles. The molecule has 6 nitrogen and oxygen atoms in total. The third kappa shape index (κ3) is 10.0. The summed E-state index contributed by atoms with van der Waals surface area (Å²) in [6.07, 6.45) is 3.47. The Morgan fingerprint density at radius 3 is 0.833 bits per heavy atom. The summed E-state index contributed by atoms with van der Waals surface area (Å²) >= 11 is 0. The average Bonchev–Trinajstić information content (AvgIpc) is 3.05. The first kappa shape index (κ1) is 37.2. The Hall–Kier alpha value is -1.02. The summed E-state index contributed by atoms with van der Waals surface area (Å²) in [6, 6.07) is 0. The summed E-state index contributed by atoms with van der Waals surface area (Å²) < 4.78 is 0. The molecule has 3 saturated heterocycles. The van der Waals surface area contributed by atoms with Gasteiger partial charge in [-0.25, -0.2) is 0 Å². The zero-order valence-corrected chi connectivity index (χ0v) is 29.8. The third-order valence-electron chi connectivity index (χ3n) is 9.81. The molecule has 0 unspecified atom stereocenters. The Labute approximate surface area is 262 Å². The Kier molecular flexibility index (Phi) is 17.8. The number of likely N-dealkylation sites (N-methyl/N-ethyl adjacent to an activating group) is 3. The summed E-state index contributed by atoms with van der Waals surface area (Å²) in [6.45, 7) is 40.1. The Bertz CT molecular complexity index is 807. The molecule has 1 aromatic carbocycles. The first-order valence-electron chi connectivity index (χ1n) is 18.0. The lowest BCUT2D eigenvalue weighted by Gasteiger charge is -2.38. The standard InChI is InChI=1S/C32H58N6.2C2H6/c1-7-27-30(24-36-14-12-33(6)13-15-36)28(8-2)32(26-38-22-18-35(11-5)19-23-38)29(9-3)31(27)25-37-20-16-34(10-4)17-21-37;2*1-2/h7-26H2,1-6H3;2*1-2H3. The minimum absolute atomic E-state index is 1.14. The van der Waals surface area contributed by atoms with Crippen LogP contribution < -0.4 is 0 Å². The van der Waals surface area contributed by atoms with E-state index < -0.39 is 0 Å². The zero-order valence-electron chi connectivity index (χ0n) is 29.8. The van der Waals surface area contributed by atoms with E-state index in [1.807, 2.05) is 27.7 Å². The van der Waals surface area contributed by atoms with Gasteiger partial charge in [-0.05, 0) is 72.8 Å². The molecule has 0 atom stereocenters. The lowest BCUT2D eigenvalue weighted by Crippen LogP contribution is -2.46. The molecule has 6 heteroatoms. The highest BCUT2D eigenvalue weighted by atomic mass is 15.3. The fourth-order valence-corrected chi connectivity index (χ4v) is 7.15. The van der Waals surface area contributed by atoms with E-state index in [9.17, 15) is 0 Å². The predicted molar refractivity (Wildman–Crippen MR) is 185 cm³/mol. The number of rotatable bonds is 11. The Balaban J connectivity index is 0.00000148. The normalized spacial score (nSPS) is 20.1. The van der Waals surface area contributed by atoms with Gasteiger partial charge in [-0.2, -0.15) is 0 Å². The topological polar surface area (TPSA) is 19.4 Å². The predicted octanol–water partition coefficient (Wildman–Crippen LogP) is 5.45. The number of hydrogen-bond acceptors (Lipinski definition) is 6. The van der Waals surface area contributed by atoms with Crippen LogP contribution in [0.1, 0.15) is 95.7 Å². The first-order valence-corrected chi connectivity index (χ1v) is 18.0. The van der Waals surface area contributed by atoms with Crippen LogP contribution in [0.4, 0.5) is 0 Å². The van der Waals surface area contributed by atoms with Crippen molar-refractivity contribution < 1.29 is 0 Å². The van der Waals surface area contributed by atoms with Gasteiger partial charge in [-0.3, -0.25) is 14.7 Å². The molecule has 3 heterocycles. The maximum absolute atomic E-state index is 2.76. The quantitative estimate of drug-likeness (QED) is 0.341. The lowest BCUT2D eigenvalue weighted by atomic mass is 9.82. The Morgan fingerprint density at radius 1 is 0.357 bits per heavy atom. The molecule has 0 bridgehead atoms. The molecule has 0 spiro atoms. The molecule has 0 N–H and O–H groups in total. The SMILES string of the molecule is CC.CC.CCc1c(CN2CCN(C)CC2)c(CC)c(CN2CCN(CC)CC2)c(CC)c1CN1CCN(CC)CC1. The van der Waals surface area contributed by atoms with Gasteiger partial charge in [0.2, 0.25) is 0 Å². The molecule has 0 aliphatic carbocycles. The largest absolute Gasteiger partial charge is 0.304 e. The van der Waals surface area contributed by atoms with Crippen molar-refractivity contribution in [1.29, 1.82) is 0 Å². The van der Waals surface area contributed by atoms with Crippen LogP contribution in [0.15, 0.2) is 0 Å². The van der Waals surface area contributed by atoms with E-state index >= 15 is 0 Å². The molecule has 0 radical (unpaired) electrons. The van der Waals surface area contributed by atoms with Gasteiger partial charge in [0.25, 0.3) is 0 Å². The van der Waals surface area contributed by atoms with Crippen LogP contribution in [0.3, 0.4) is 0 Å². The van der Waals surface area contributed by atoms with Crippen molar-refractivity contribution in [2.75, 3.05) is 98.7 Å². The van der Waals surface area contributed by atoms with E-state index in [1.54, 1.807) is 33.4 Å². The average molecular weight is 587 g/mol. The fraction of sp³-hybridized carbons (Fsp3) is 0.833. The van der Waals surface area contributed by atoms with Crippen molar-refractivity contribution in [3.63, 3.8) is 0 Å². The van der Waals surface area contributed by atoms with Gasteiger partial charge >= 0.3 is 0 Å². The third-order valence-corrected chi connectivity index (χ3v) is 9.81. The van der Waals surface area contributed by atoms with Crippen molar-refractivity contribution in [2.45, 2.75) is 101 Å². The molecule has 3 aliphatic rings. The fourth-order valence-electron chi connectivity index (χ4n) is 7.15. The molecule has 3 fully saturated rings. The van der Waals surface area contributed by atoms with Gasteiger partial charge in [0.1, 0.15) is 0 Å². The molecule has 4 rings (SSSR count). The van der Waals surface area contributed by atoms with Crippen molar-refractivity contribution in [2.24, 2.45) is 0 Å². The monoisotopic (exact) mass is 587 g/mol. The second-order valence-corrected chi connectivity index (χ2v) is 11.9. The summed E-state index contributed by atoms with van der Waals surface area (Å²) in [5, 5.41) is 0. The van der Waals surface area contributed by atoms with Gasteiger partial charge < -0.3 is 14.7 Å². The lowest BCUT2D eigenvalue weighted by molar-refractivity contribution is 0.129. The molecule has 0 saturated carbocycles. The molecular formula is C36H70N6. The summed E-state index contributed by atoms with van der Waals surface area (Å²) in [5.74, 6) is 0. The van der Waals surface area contributed by atoms with Crippen molar-refractivity contribution >= 4 is 0 Å². The highest BCUT2D eigenvalue weighted by Gasteiger charge is 2.27. The van der Waals surface area contributed by atoms with Crippen LogP contribution in [0.2, 0.25) is 0 Å². The molecule has 0 amide bonds. The van der Waals surface area contributed by atoms with E-state index in [0.717, 1.165) is 38.9 Å². The van der Waals surface area contributed by atoms with Crippen LogP contribution in [0.5, 0.6) is 0 Å². The van der Waals surface area contributed by atoms with Gasteiger partial charge in [0, 0.05) is 98.2 Å². The molecule has 244 valence electrons. The Morgan fingerprint density at radius 2 is 0.595 bits per heavy atom. The summed E-state index contributed by atoms with van der Waals surface area (Å²) in [5.41, 5.74) is 10.2.